The Balaban J connectivity index is 2.06. The van der Waals surface area contributed by atoms with Gasteiger partial charge in [-0.25, -0.2) is 4.68 Å². The first-order valence-electron chi connectivity index (χ1n) is 6.43. The molecule has 1 saturated heterocycles. The molecular formula is C15H13N3O2S. The van der Waals surface area contributed by atoms with Gasteiger partial charge in [-0.2, -0.15) is 5.10 Å². The van der Waals surface area contributed by atoms with Crippen molar-refractivity contribution in [3.8, 4) is 5.69 Å². The summed E-state index contributed by atoms with van der Waals surface area (Å²) in [6.07, 6.45) is 1.67. The highest BCUT2D eigenvalue weighted by atomic mass is 32.1. The Hall–Kier alpha value is -2.47. The van der Waals surface area contributed by atoms with Crippen LogP contribution in [0.2, 0.25) is 0 Å². The minimum absolute atomic E-state index is 0.0806. The zero-order chi connectivity index (χ0) is 15.0. The van der Waals surface area contributed by atoms with Gasteiger partial charge in [0.05, 0.1) is 11.4 Å². The second-order valence-corrected chi connectivity index (χ2v) is 5.05. The minimum atomic E-state index is -0.328. The summed E-state index contributed by atoms with van der Waals surface area (Å²) >= 11 is 4.82. The van der Waals surface area contributed by atoms with Crippen molar-refractivity contribution >= 4 is 29.4 Å². The van der Waals surface area contributed by atoms with Gasteiger partial charge in [0.2, 0.25) is 0 Å². The van der Waals surface area contributed by atoms with Gasteiger partial charge < -0.3 is 4.74 Å². The van der Waals surface area contributed by atoms with Crippen LogP contribution in [0.15, 0.2) is 36.1 Å². The number of nitrogens with zero attached hydrogens (tertiary/aromatic N) is 2. The highest BCUT2D eigenvalue weighted by Crippen LogP contribution is 2.22. The molecule has 0 radical (unpaired) electrons. The van der Waals surface area contributed by atoms with Crippen molar-refractivity contribution in [3.05, 3.63) is 53.0 Å². The molecule has 1 aromatic heterocycles. The summed E-state index contributed by atoms with van der Waals surface area (Å²) in [5.74, 6) is -0.134. The number of thiocarbonyl (C=S) groups is 1. The number of amides is 1. The monoisotopic (exact) mass is 299 g/mol. The largest absolute Gasteiger partial charge is 0.426 e. The lowest BCUT2D eigenvalue weighted by Crippen LogP contribution is -2.18. The van der Waals surface area contributed by atoms with Gasteiger partial charge in [0.15, 0.2) is 5.76 Å². The number of aromatic nitrogens is 2. The first-order chi connectivity index (χ1) is 10.1. The molecule has 21 heavy (non-hydrogen) atoms. The molecule has 1 amide bonds. The number of benzene rings is 1. The van der Waals surface area contributed by atoms with E-state index in [1.165, 1.54) is 0 Å². The fourth-order valence-corrected chi connectivity index (χ4v) is 2.42. The Morgan fingerprint density at radius 2 is 2.00 bits per heavy atom. The van der Waals surface area contributed by atoms with Crippen LogP contribution in [0.3, 0.4) is 0 Å². The summed E-state index contributed by atoms with van der Waals surface area (Å²) in [5.41, 5.74) is 3.57. The summed E-state index contributed by atoms with van der Waals surface area (Å²) in [5, 5.41) is 7.04. The number of ether oxygens (including phenoxy) is 1. The van der Waals surface area contributed by atoms with E-state index in [0.717, 1.165) is 22.6 Å². The molecular weight excluding hydrogens is 286 g/mol. The highest BCUT2D eigenvalue weighted by Gasteiger charge is 2.24. The number of rotatable bonds is 2. The maximum Gasteiger partial charge on any atom is 0.294 e. The van der Waals surface area contributed by atoms with E-state index < -0.39 is 0 Å². The minimum Gasteiger partial charge on any atom is -0.426 e. The number of para-hydroxylation sites is 1. The van der Waals surface area contributed by atoms with Crippen LogP contribution in [0, 0.1) is 13.8 Å². The molecule has 0 bridgehead atoms. The smallest absolute Gasteiger partial charge is 0.294 e. The van der Waals surface area contributed by atoms with Crippen LogP contribution in [-0.2, 0) is 9.53 Å². The third-order valence-corrected chi connectivity index (χ3v) is 3.45. The third-order valence-electron chi connectivity index (χ3n) is 3.27. The average Bonchev–Trinajstić information content (AvgIpc) is 2.93. The molecule has 0 spiro atoms. The fourth-order valence-electron chi connectivity index (χ4n) is 2.24. The fraction of sp³-hybridized carbons (Fsp3) is 0.133. The van der Waals surface area contributed by atoms with Gasteiger partial charge in [-0.05, 0) is 44.3 Å². The number of aryl methyl sites for hydroxylation is 1. The van der Waals surface area contributed by atoms with Gasteiger partial charge in [0.1, 0.15) is 0 Å². The molecule has 0 aliphatic carbocycles. The lowest BCUT2D eigenvalue weighted by molar-refractivity contribution is -0.116. The molecule has 0 saturated carbocycles. The number of carbonyl (C=O) groups excluding carboxylic acids is 1. The molecule has 1 fully saturated rings. The molecule has 2 aromatic rings. The molecule has 1 aliphatic rings. The molecule has 106 valence electrons. The second-order valence-electron chi connectivity index (χ2n) is 4.68. The molecule has 6 heteroatoms. The topological polar surface area (TPSA) is 56.1 Å². The van der Waals surface area contributed by atoms with Crippen LogP contribution in [0.4, 0.5) is 0 Å². The van der Waals surface area contributed by atoms with Gasteiger partial charge >= 0.3 is 0 Å². The van der Waals surface area contributed by atoms with Gasteiger partial charge in [-0.1, -0.05) is 18.2 Å². The van der Waals surface area contributed by atoms with E-state index in [2.05, 4.69) is 10.4 Å². The molecule has 5 nitrogen and oxygen atoms in total. The molecule has 0 atom stereocenters. The summed E-state index contributed by atoms with van der Waals surface area (Å²) < 4.78 is 7.04. The van der Waals surface area contributed by atoms with Crippen LogP contribution in [0.5, 0.6) is 0 Å². The quantitative estimate of drug-likeness (QED) is 0.682. The van der Waals surface area contributed by atoms with E-state index >= 15 is 0 Å². The molecule has 1 aliphatic heterocycles. The first kappa shape index (κ1) is 13.5. The van der Waals surface area contributed by atoms with Gasteiger partial charge in [-0.3, -0.25) is 10.1 Å². The highest BCUT2D eigenvalue weighted by molar-refractivity contribution is 7.80. The van der Waals surface area contributed by atoms with Crippen molar-refractivity contribution in [3.63, 3.8) is 0 Å². The van der Waals surface area contributed by atoms with Crippen LogP contribution < -0.4 is 5.32 Å². The third kappa shape index (κ3) is 2.45. The molecule has 0 unspecified atom stereocenters. The van der Waals surface area contributed by atoms with Crippen LogP contribution in [-0.4, -0.2) is 20.9 Å². The van der Waals surface area contributed by atoms with Crippen LogP contribution in [0.1, 0.15) is 17.0 Å². The summed E-state index contributed by atoms with van der Waals surface area (Å²) in [4.78, 5) is 11.7. The van der Waals surface area contributed by atoms with E-state index in [9.17, 15) is 4.79 Å². The standard InChI is InChI=1S/C15H13N3O2S/c1-9-12(8-13-14(19)16-15(21)20-13)10(2)18(17-9)11-6-4-3-5-7-11/h3-8H,1-2H3,(H,16,19,21). The second kappa shape index (κ2) is 5.14. The van der Waals surface area contributed by atoms with Crippen molar-refractivity contribution < 1.29 is 9.53 Å². The van der Waals surface area contributed by atoms with Gasteiger partial charge in [0.25, 0.3) is 11.1 Å². The van der Waals surface area contributed by atoms with Gasteiger partial charge in [0, 0.05) is 11.3 Å². The Labute approximate surface area is 127 Å². The molecule has 1 aromatic carbocycles. The first-order valence-corrected chi connectivity index (χ1v) is 6.83. The lowest BCUT2D eigenvalue weighted by Gasteiger charge is -2.03. The lowest BCUT2D eigenvalue weighted by atomic mass is 10.1. The van der Waals surface area contributed by atoms with E-state index in [1.807, 2.05) is 48.9 Å². The van der Waals surface area contributed by atoms with Crippen molar-refractivity contribution in [2.45, 2.75) is 13.8 Å². The Bertz CT molecular complexity index is 763. The maximum atomic E-state index is 11.7. The van der Waals surface area contributed by atoms with Crippen LogP contribution in [0.25, 0.3) is 11.8 Å². The van der Waals surface area contributed by atoms with E-state index in [-0.39, 0.29) is 16.8 Å². The molecule has 2 heterocycles. The van der Waals surface area contributed by atoms with Crippen molar-refractivity contribution in [2.75, 3.05) is 0 Å². The summed E-state index contributed by atoms with van der Waals surface area (Å²) in [6, 6.07) is 9.82. The molecule has 3 rings (SSSR count). The van der Waals surface area contributed by atoms with Crippen LogP contribution >= 0.6 is 12.2 Å². The van der Waals surface area contributed by atoms with E-state index in [4.69, 9.17) is 17.0 Å². The van der Waals surface area contributed by atoms with E-state index in [0.29, 0.717) is 0 Å². The maximum absolute atomic E-state index is 11.7. The van der Waals surface area contributed by atoms with Crippen molar-refractivity contribution in [2.24, 2.45) is 0 Å². The SMILES string of the molecule is Cc1nn(-c2ccccc2)c(C)c1C=C1OC(=S)NC1=O. The normalized spacial score (nSPS) is 16.2. The van der Waals surface area contributed by atoms with E-state index in [1.54, 1.807) is 6.08 Å². The van der Waals surface area contributed by atoms with Crippen molar-refractivity contribution in [1.82, 2.24) is 15.1 Å². The Morgan fingerprint density at radius 1 is 1.29 bits per heavy atom. The predicted octanol–water partition coefficient (Wildman–Crippen LogP) is 2.26. The number of nitrogens with one attached hydrogen (secondary N) is 1. The zero-order valence-corrected chi connectivity index (χ0v) is 12.4. The van der Waals surface area contributed by atoms with Crippen molar-refractivity contribution in [1.29, 1.82) is 0 Å². The average molecular weight is 299 g/mol. The zero-order valence-electron chi connectivity index (χ0n) is 11.6. The Kier molecular flexibility index (Phi) is 3.31. The number of carbonyl (C=O) groups is 1. The Morgan fingerprint density at radius 3 is 2.62 bits per heavy atom. The number of hydrogen-bond donors (Lipinski definition) is 1. The summed E-state index contributed by atoms with van der Waals surface area (Å²) in [7, 11) is 0. The summed E-state index contributed by atoms with van der Waals surface area (Å²) in [6.45, 7) is 3.84. The molecule has 1 N–H and O–H groups in total. The predicted molar refractivity (Wildman–Crippen MR) is 82.8 cm³/mol. The van der Waals surface area contributed by atoms with Gasteiger partial charge in [-0.15, -0.1) is 0 Å². The number of hydrogen-bond acceptors (Lipinski definition) is 4.